The average molecular weight is 787 g/mol. The van der Waals surface area contributed by atoms with Crippen LogP contribution in [0.4, 0.5) is 55.2 Å². The van der Waals surface area contributed by atoms with Gasteiger partial charge in [-0.2, -0.15) is 31.3 Å². The van der Waals surface area contributed by atoms with Crippen LogP contribution in [-0.2, 0) is 27.2 Å². The van der Waals surface area contributed by atoms with Crippen molar-refractivity contribution in [2.75, 3.05) is 29.0 Å². The summed E-state index contributed by atoms with van der Waals surface area (Å²) >= 11 is 6.36. The van der Waals surface area contributed by atoms with E-state index < -0.39 is 24.3 Å². The smallest absolute Gasteiger partial charge is 0.475 e. The maximum absolute atomic E-state index is 13.1. The molecule has 15 nitrogen and oxygen atoms in total. The molecule has 1 aromatic carbocycles. The van der Waals surface area contributed by atoms with Crippen LogP contribution in [0.3, 0.4) is 0 Å². The van der Waals surface area contributed by atoms with Crippen molar-refractivity contribution in [3.8, 4) is 0 Å². The van der Waals surface area contributed by atoms with Crippen molar-refractivity contribution < 1.29 is 60.3 Å². The predicted octanol–water partition coefficient (Wildman–Crippen LogP) is 6.16. The van der Waals surface area contributed by atoms with E-state index in [9.17, 15) is 35.9 Å². The number of rotatable bonds is 4. The van der Waals surface area contributed by atoms with Gasteiger partial charge >= 0.3 is 24.3 Å². The molecule has 2 amide bonds. The Bertz CT molecular complexity index is 1990. The maximum atomic E-state index is 13.1. The second-order valence-corrected chi connectivity index (χ2v) is 12.1. The lowest BCUT2D eigenvalue weighted by atomic mass is 10.0. The molecule has 0 aliphatic carbocycles. The zero-order chi connectivity index (χ0) is 39.8. The SMILES string of the molecule is Cc1oncc1C(=O)N1CC[C@@H](CC(=O)Nc2ccc3cc2CCc2cncc(c2)Nc2ncc(Cl)c(n2)N3)C1.O=C(O)C(F)(F)F.O=C(O)C(F)(F)F. The number of halogens is 7. The summed E-state index contributed by atoms with van der Waals surface area (Å²) in [7, 11) is 0. The first kappa shape index (κ1) is 40.8. The predicted molar refractivity (Wildman–Crippen MR) is 178 cm³/mol. The van der Waals surface area contributed by atoms with E-state index in [0.717, 1.165) is 41.0 Å². The minimum atomic E-state index is -5.08. The number of fused-ring (bicyclic) bond motifs is 6. The number of carbonyl (C=O) groups is 4. The van der Waals surface area contributed by atoms with E-state index in [0.29, 0.717) is 54.0 Å². The zero-order valence-electron chi connectivity index (χ0n) is 27.8. The number of benzene rings is 1. The monoisotopic (exact) mass is 786 g/mol. The van der Waals surface area contributed by atoms with Crippen LogP contribution in [0, 0.1) is 12.8 Å². The molecular formula is C32H29ClF6N8O7. The molecule has 22 heteroatoms. The van der Waals surface area contributed by atoms with Crippen molar-refractivity contribution in [2.45, 2.75) is 45.0 Å². The first-order valence-corrected chi connectivity index (χ1v) is 15.9. The summed E-state index contributed by atoms with van der Waals surface area (Å²) in [5.41, 5.74) is 4.77. The van der Waals surface area contributed by atoms with Gasteiger partial charge in [-0.15, -0.1) is 0 Å². The Morgan fingerprint density at radius 3 is 2.28 bits per heavy atom. The molecule has 0 radical (unpaired) electrons. The van der Waals surface area contributed by atoms with Gasteiger partial charge in [0.25, 0.3) is 5.91 Å². The lowest BCUT2D eigenvalue weighted by molar-refractivity contribution is -0.193. The number of hydrogen-bond acceptors (Lipinski definition) is 11. The van der Waals surface area contributed by atoms with Gasteiger partial charge in [0, 0.05) is 37.1 Å². The molecule has 6 bridgehead atoms. The Balaban J connectivity index is 0.000000396. The Kier molecular flexibility index (Phi) is 13.0. The highest BCUT2D eigenvalue weighted by Crippen LogP contribution is 2.30. The number of anilines is 5. The molecule has 0 spiro atoms. The van der Waals surface area contributed by atoms with Gasteiger partial charge in [0.1, 0.15) is 16.3 Å². The number of likely N-dealkylation sites (tertiary alicyclic amines) is 1. The quantitative estimate of drug-likeness (QED) is 0.147. The van der Waals surface area contributed by atoms with Gasteiger partial charge in [0.2, 0.25) is 11.9 Å². The van der Waals surface area contributed by atoms with E-state index in [1.807, 2.05) is 30.5 Å². The lowest BCUT2D eigenvalue weighted by Gasteiger charge is -2.17. The largest absolute Gasteiger partial charge is 0.490 e. The maximum Gasteiger partial charge on any atom is 0.490 e. The van der Waals surface area contributed by atoms with Crippen LogP contribution in [0.2, 0.25) is 5.02 Å². The second kappa shape index (κ2) is 17.2. The Hall–Kier alpha value is -5.99. The van der Waals surface area contributed by atoms with Crippen LogP contribution in [0.5, 0.6) is 0 Å². The number of carboxylic acid groups (broad SMARTS) is 2. The standard InChI is InChI=1S/C28H27ClN8O3.2C2HF3O2/c1-16-22(13-32-40-16)27(39)37-7-6-18(15-37)9-25(38)35-24-5-4-20-10-19(24)3-2-17-8-21(12-30-11-17)34-28-31-14-23(29)26(33-20)36-28;2*3-2(4,5)1(6)7/h4-5,8,10-14,18H,2-3,6-7,9,15H2,1H3,(H,35,38)(H2,31,33,34,36);2*(H,6,7)/t18-;;/m0../s1. The zero-order valence-corrected chi connectivity index (χ0v) is 28.5. The molecule has 1 fully saturated rings. The van der Waals surface area contributed by atoms with Gasteiger partial charge in [-0.05, 0) is 67.5 Å². The minimum Gasteiger partial charge on any atom is -0.475 e. The number of carboxylic acids is 2. The molecule has 4 aromatic rings. The first-order valence-electron chi connectivity index (χ1n) is 15.5. The summed E-state index contributed by atoms with van der Waals surface area (Å²) in [6, 6.07) is 7.76. The Morgan fingerprint density at radius 1 is 0.963 bits per heavy atom. The Labute approximate surface area is 305 Å². The number of carbonyl (C=O) groups excluding carboxylic acids is 2. The lowest BCUT2D eigenvalue weighted by Crippen LogP contribution is -2.29. The molecule has 2 aliphatic heterocycles. The number of aryl methyl sites for hydroxylation is 3. The second-order valence-electron chi connectivity index (χ2n) is 11.7. The van der Waals surface area contributed by atoms with Crippen molar-refractivity contribution >= 4 is 64.2 Å². The molecule has 54 heavy (non-hydrogen) atoms. The molecule has 1 atom stereocenters. The number of pyridine rings is 1. The van der Waals surface area contributed by atoms with Crippen LogP contribution < -0.4 is 16.0 Å². The van der Waals surface area contributed by atoms with E-state index in [1.165, 1.54) is 12.4 Å². The molecule has 0 saturated carbocycles. The van der Waals surface area contributed by atoms with Gasteiger partial charge in [-0.3, -0.25) is 14.6 Å². The van der Waals surface area contributed by atoms with Gasteiger partial charge in [0.15, 0.2) is 5.82 Å². The fourth-order valence-corrected chi connectivity index (χ4v) is 5.21. The fraction of sp³-hybridized carbons (Fsp3) is 0.312. The third kappa shape index (κ3) is 11.5. The number of alkyl halides is 6. The number of nitrogens with one attached hydrogen (secondary N) is 3. The van der Waals surface area contributed by atoms with Crippen LogP contribution >= 0.6 is 11.6 Å². The van der Waals surface area contributed by atoms with E-state index in [4.69, 9.17) is 35.9 Å². The summed E-state index contributed by atoms with van der Waals surface area (Å²) in [6.45, 7) is 2.84. The summed E-state index contributed by atoms with van der Waals surface area (Å²) in [5, 5.41) is 27.9. The van der Waals surface area contributed by atoms with Crippen LogP contribution in [0.25, 0.3) is 0 Å². The van der Waals surface area contributed by atoms with Crippen molar-refractivity contribution in [3.05, 3.63) is 76.5 Å². The normalized spacial score (nSPS) is 14.9. The van der Waals surface area contributed by atoms with Crippen LogP contribution in [0.15, 0.2) is 53.6 Å². The van der Waals surface area contributed by atoms with Crippen molar-refractivity contribution in [3.63, 3.8) is 0 Å². The highest BCUT2D eigenvalue weighted by atomic mass is 35.5. The van der Waals surface area contributed by atoms with Crippen LogP contribution in [-0.4, -0.2) is 84.4 Å². The van der Waals surface area contributed by atoms with Crippen LogP contribution in [0.1, 0.15) is 40.1 Å². The van der Waals surface area contributed by atoms with Crippen molar-refractivity contribution in [2.24, 2.45) is 5.92 Å². The van der Waals surface area contributed by atoms with Crippen molar-refractivity contribution in [1.82, 2.24) is 25.0 Å². The van der Waals surface area contributed by atoms with Gasteiger partial charge in [-0.1, -0.05) is 16.8 Å². The first-order chi connectivity index (χ1) is 25.3. The molecule has 288 valence electrons. The fourth-order valence-electron chi connectivity index (χ4n) is 5.07. The minimum absolute atomic E-state index is 0.0746. The summed E-state index contributed by atoms with van der Waals surface area (Å²) in [6.07, 6.45) is -1.16. The van der Waals surface area contributed by atoms with Crippen molar-refractivity contribution in [1.29, 1.82) is 0 Å². The average Bonchev–Trinajstić information content (AvgIpc) is 3.74. The van der Waals surface area contributed by atoms with Gasteiger partial charge in [-0.25, -0.2) is 14.6 Å². The van der Waals surface area contributed by atoms with Gasteiger partial charge in [0.05, 0.1) is 24.3 Å². The topological polar surface area (TPSA) is 213 Å². The van der Waals surface area contributed by atoms with E-state index in [1.54, 1.807) is 18.0 Å². The third-order valence-corrected chi connectivity index (χ3v) is 7.91. The van der Waals surface area contributed by atoms with E-state index in [-0.39, 0.29) is 17.7 Å². The molecule has 3 aromatic heterocycles. The summed E-state index contributed by atoms with van der Waals surface area (Å²) in [5.74, 6) is -4.27. The number of amides is 2. The highest BCUT2D eigenvalue weighted by Gasteiger charge is 2.39. The molecule has 5 N–H and O–H groups in total. The summed E-state index contributed by atoms with van der Waals surface area (Å²) < 4.78 is 68.5. The van der Waals surface area contributed by atoms with Gasteiger partial charge < -0.3 is 35.6 Å². The highest BCUT2D eigenvalue weighted by molar-refractivity contribution is 6.32. The molecular weight excluding hydrogens is 758 g/mol. The molecule has 1 saturated heterocycles. The van der Waals surface area contributed by atoms with E-state index in [2.05, 4.69) is 36.1 Å². The summed E-state index contributed by atoms with van der Waals surface area (Å²) in [4.78, 5) is 58.6. The number of hydrogen-bond donors (Lipinski definition) is 5. The third-order valence-electron chi connectivity index (χ3n) is 7.63. The number of aliphatic carboxylic acids is 2. The molecule has 2 aliphatic rings. The molecule has 0 unspecified atom stereocenters. The number of aromatic nitrogens is 4. The molecule has 5 heterocycles. The number of nitrogens with zero attached hydrogens (tertiary/aromatic N) is 5. The molecule has 6 rings (SSSR count). The van der Waals surface area contributed by atoms with E-state index >= 15 is 0 Å². The Morgan fingerprint density at radius 2 is 1.65 bits per heavy atom.